The fourth-order valence-electron chi connectivity index (χ4n) is 2.33. The number of rotatable bonds is 5. The highest BCUT2D eigenvalue weighted by Gasteiger charge is 2.26. The van der Waals surface area contributed by atoms with Crippen molar-refractivity contribution in [2.75, 3.05) is 27.7 Å². The molecule has 0 saturated carbocycles. The number of benzene rings is 1. The van der Waals surface area contributed by atoms with Gasteiger partial charge in [-0.2, -0.15) is 0 Å². The van der Waals surface area contributed by atoms with Crippen molar-refractivity contribution in [1.29, 1.82) is 0 Å². The predicted octanol–water partition coefficient (Wildman–Crippen LogP) is 2.94. The van der Waals surface area contributed by atoms with Gasteiger partial charge in [0, 0.05) is 18.0 Å². The third-order valence-electron chi connectivity index (χ3n) is 2.99. The summed E-state index contributed by atoms with van der Waals surface area (Å²) >= 11 is 0. The first-order valence-electron chi connectivity index (χ1n) is 6.76. The summed E-state index contributed by atoms with van der Waals surface area (Å²) in [5.41, 5.74) is 0.0174. The Morgan fingerprint density at radius 3 is 2.62 bits per heavy atom. The maximum atomic E-state index is 12.2. The van der Waals surface area contributed by atoms with Crippen LogP contribution >= 0.6 is 0 Å². The average Bonchev–Trinajstić information content (AvgIpc) is 2.79. The molecule has 1 aromatic heterocycles. The molecule has 0 unspecified atom stereocenters. The highest BCUT2D eigenvalue weighted by Crippen LogP contribution is 2.25. The first-order chi connectivity index (χ1) is 9.80. The third kappa shape index (κ3) is 3.76. The van der Waals surface area contributed by atoms with Crippen LogP contribution in [0.3, 0.4) is 0 Å². The van der Waals surface area contributed by atoms with Gasteiger partial charge < -0.3 is 18.8 Å². The van der Waals surface area contributed by atoms with Gasteiger partial charge in [0.15, 0.2) is 0 Å². The lowest BCUT2D eigenvalue weighted by molar-refractivity contribution is -0.0135. The molecule has 0 spiro atoms. The van der Waals surface area contributed by atoms with Crippen LogP contribution in [-0.2, 0) is 4.74 Å². The molecule has 1 heterocycles. The molecule has 0 saturated heterocycles. The third-order valence-corrected chi connectivity index (χ3v) is 2.99. The van der Waals surface area contributed by atoms with Gasteiger partial charge in [-0.3, -0.25) is 0 Å². The molecule has 0 aliphatic rings. The van der Waals surface area contributed by atoms with E-state index in [1.54, 1.807) is 19.2 Å². The molecular weight excluding hydrogens is 270 g/mol. The van der Waals surface area contributed by atoms with E-state index >= 15 is 0 Å². The Morgan fingerprint density at radius 1 is 1.29 bits per heavy atom. The first-order valence-corrected chi connectivity index (χ1v) is 6.76. The number of hydrogen-bond donors (Lipinski definition) is 0. The quantitative estimate of drug-likeness (QED) is 0.793. The van der Waals surface area contributed by atoms with E-state index in [0.717, 1.165) is 5.39 Å². The van der Waals surface area contributed by atoms with Crippen molar-refractivity contribution in [2.45, 2.75) is 19.4 Å². The predicted molar refractivity (Wildman–Crippen MR) is 80.8 cm³/mol. The Kier molecular flexibility index (Phi) is 4.23. The van der Waals surface area contributed by atoms with Gasteiger partial charge in [0.1, 0.15) is 16.9 Å². The van der Waals surface area contributed by atoms with Crippen molar-refractivity contribution >= 4 is 16.9 Å². The molecule has 0 fully saturated rings. The molecule has 0 aliphatic heterocycles. The fraction of sp³-hybridized carbons (Fsp3) is 0.438. The van der Waals surface area contributed by atoms with E-state index in [2.05, 4.69) is 0 Å². The molecule has 5 nitrogen and oxygen atoms in total. The van der Waals surface area contributed by atoms with Crippen molar-refractivity contribution < 1.29 is 18.7 Å². The molecule has 2 rings (SSSR count). The van der Waals surface area contributed by atoms with Crippen molar-refractivity contribution in [2.24, 2.45) is 0 Å². The van der Waals surface area contributed by atoms with E-state index in [4.69, 9.17) is 13.9 Å². The Bertz CT molecular complexity index is 643. The molecule has 21 heavy (non-hydrogen) atoms. The number of carbonyl (C=O) groups excluding carboxylic acids is 1. The lowest BCUT2D eigenvalue weighted by Crippen LogP contribution is -2.38. The monoisotopic (exact) mass is 291 g/mol. The minimum Gasteiger partial charge on any atom is -0.497 e. The number of ether oxygens (including phenoxy) is 2. The summed E-state index contributed by atoms with van der Waals surface area (Å²) in [5, 5.41) is 0.841. The van der Waals surface area contributed by atoms with Gasteiger partial charge >= 0.3 is 5.97 Å². The number of furan rings is 1. The van der Waals surface area contributed by atoms with Crippen LogP contribution < -0.4 is 4.74 Å². The molecule has 5 heteroatoms. The Morgan fingerprint density at radius 2 is 2.00 bits per heavy atom. The largest absolute Gasteiger partial charge is 0.497 e. The summed E-state index contributed by atoms with van der Waals surface area (Å²) < 4.78 is 16.2. The van der Waals surface area contributed by atoms with E-state index in [-0.39, 0.29) is 5.76 Å². The fourth-order valence-corrected chi connectivity index (χ4v) is 2.33. The molecule has 0 N–H and O–H groups in total. The Labute approximate surface area is 124 Å². The lowest BCUT2D eigenvalue weighted by Gasteiger charge is -2.27. The molecular formula is C16H21NO4. The standard InChI is InChI=1S/C16H21NO4/c1-16(2,10-17(3)4)21-15(18)14-8-11-6-7-12(19-5)9-13(11)20-14/h6-9H,10H2,1-5H3. The SMILES string of the molecule is COc1ccc2cc(C(=O)OC(C)(C)CN(C)C)oc2c1. The minimum absolute atomic E-state index is 0.199. The van der Waals surface area contributed by atoms with Gasteiger partial charge in [0.25, 0.3) is 0 Å². The maximum absolute atomic E-state index is 12.2. The summed E-state index contributed by atoms with van der Waals surface area (Å²) in [6, 6.07) is 7.10. The van der Waals surface area contributed by atoms with Crippen molar-refractivity contribution in [3.05, 3.63) is 30.0 Å². The zero-order chi connectivity index (χ0) is 15.6. The molecule has 0 radical (unpaired) electrons. The van der Waals surface area contributed by atoms with Gasteiger partial charge in [-0.25, -0.2) is 4.79 Å². The molecule has 0 aliphatic carbocycles. The van der Waals surface area contributed by atoms with Crippen LogP contribution in [0.15, 0.2) is 28.7 Å². The Hall–Kier alpha value is -2.01. The van der Waals surface area contributed by atoms with Gasteiger partial charge in [-0.05, 0) is 46.1 Å². The van der Waals surface area contributed by atoms with Crippen LogP contribution in [-0.4, -0.2) is 44.2 Å². The van der Waals surface area contributed by atoms with Crippen LogP contribution in [0.1, 0.15) is 24.4 Å². The summed E-state index contributed by atoms with van der Waals surface area (Å²) in [7, 11) is 5.45. The van der Waals surface area contributed by atoms with E-state index in [1.807, 2.05) is 45.0 Å². The highest BCUT2D eigenvalue weighted by atomic mass is 16.6. The molecule has 114 valence electrons. The topological polar surface area (TPSA) is 51.9 Å². The second-order valence-electron chi connectivity index (χ2n) is 5.90. The summed E-state index contributed by atoms with van der Waals surface area (Å²) in [6.45, 7) is 4.37. The number of nitrogens with zero attached hydrogens (tertiary/aromatic N) is 1. The van der Waals surface area contributed by atoms with Gasteiger partial charge in [-0.15, -0.1) is 0 Å². The second kappa shape index (κ2) is 5.77. The summed E-state index contributed by atoms with van der Waals surface area (Å²) in [5.74, 6) is 0.423. The molecule has 0 atom stereocenters. The average molecular weight is 291 g/mol. The highest BCUT2D eigenvalue weighted by molar-refractivity contribution is 5.93. The zero-order valence-corrected chi connectivity index (χ0v) is 13.1. The van der Waals surface area contributed by atoms with Crippen LogP contribution in [0.25, 0.3) is 11.0 Å². The van der Waals surface area contributed by atoms with Gasteiger partial charge in [-0.1, -0.05) is 0 Å². The molecule has 1 aromatic carbocycles. The number of methoxy groups -OCH3 is 1. The maximum Gasteiger partial charge on any atom is 0.374 e. The first kappa shape index (κ1) is 15.4. The number of esters is 1. The molecule has 2 aromatic rings. The van der Waals surface area contributed by atoms with E-state index in [1.165, 1.54) is 0 Å². The lowest BCUT2D eigenvalue weighted by atomic mass is 10.1. The van der Waals surface area contributed by atoms with Crippen LogP contribution in [0.4, 0.5) is 0 Å². The van der Waals surface area contributed by atoms with E-state index < -0.39 is 11.6 Å². The summed E-state index contributed by atoms with van der Waals surface area (Å²) in [4.78, 5) is 14.2. The van der Waals surface area contributed by atoms with Gasteiger partial charge in [0.2, 0.25) is 5.76 Å². The minimum atomic E-state index is -0.586. The van der Waals surface area contributed by atoms with Crippen molar-refractivity contribution in [3.63, 3.8) is 0 Å². The van der Waals surface area contributed by atoms with Gasteiger partial charge in [0.05, 0.1) is 7.11 Å². The van der Waals surface area contributed by atoms with E-state index in [9.17, 15) is 4.79 Å². The normalized spacial score (nSPS) is 11.9. The number of hydrogen-bond acceptors (Lipinski definition) is 5. The molecule has 0 bridgehead atoms. The van der Waals surface area contributed by atoms with Crippen molar-refractivity contribution in [3.8, 4) is 5.75 Å². The number of fused-ring (bicyclic) bond motifs is 1. The number of likely N-dealkylation sites (N-methyl/N-ethyl adjacent to an activating group) is 1. The van der Waals surface area contributed by atoms with E-state index in [0.29, 0.717) is 17.9 Å². The zero-order valence-electron chi connectivity index (χ0n) is 13.1. The Balaban J connectivity index is 2.19. The van der Waals surface area contributed by atoms with Crippen molar-refractivity contribution in [1.82, 2.24) is 4.90 Å². The van der Waals surface area contributed by atoms with Crippen LogP contribution in [0.5, 0.6) is 5.75 Å². The van der Waals surface area contributed by atoms with Crippen LogP contribution in [0, 0.1) is 0 Å². The molecule has 0 amide bonds. The second-order valence-corrected chi connectivity index (χ2v) is 5.90. The summed E-state index contributed by atoms with van der Waals surface area (Å²) in [6.07, 6.45) is 0. The van der Waals surface area contributed by atoms with Crippen LogP contribution in [0.2, 0.25) is 0 Å². The number of carbonyl (C=O) groups is 1. The smallest absolute Gasteiger partial charge is 0.374 e.